The lowest BCUT2D eigenvalue weighted by molar-refractivity contribution is -0.141. The zero-order valence-corrected chi connectivity index (χ0v) is 28.0. The highest BCUT2D eigenvalue weighted by atomic mass is 16.2. The fourth-order valence-electron chi connectivity index (χ4n) is 7.14. The molecule has 0 aliphatic carbocycles. The third-order valence-corrected chi connectivity index (χ3v) is 8.57. The lowest BCUT2D eigenvalue weighted by Gasteiger charge is -2.37. The fourth-order valence-corrected chi connectivity index (χ4v) is 7.14. The van der Waals surface area contributed by atoms with Crippen LogP contribution in [0.5, 0.6) is 0 Å². The van der Waals surface area contributed by atoms with E-state index in [9.17, 15) is 9.59 Å². The van der Waals surface area contributed by atoms with Gasteiger partial charge in [0, 0.05) is 30.9 Å². The van der Waals surface area contributed by atoms with E-state index in [2.05, 4.69) is 104 Å². The molecule has 6 heteroatoms. The summed E-state index contributed by atoms with van der Waals surface area (Å²) in [7, 11) is 4.06. The van der Waals surface area contributed by atoms with E-state index in [4.69, 9.17) is 0 Å². The molecular weight excluding hydrogens is 556 g/mol. The Kier molecular flexibility index (Phi) is 9.45. The number of amides is 2. The van der Waals surface area contributed by atoms with Gasteiger partial charge in [-0.15, -0.1) is 0 Å². The summed E-state index contributed by atoms with van der Waals surface area (Å²) in [4.78, 5) is 36.6. The van der Waals surface area contributed by atoms with Gasteiger partial charge in [0.2, 0.25) is 11.8 Å². The minimum absolute atomic E-state index is 0.0231. The number of hydrogen-bond acceptors (Lipinski definition) is 4. The van der Waals surface area contributed by atoms with E-state index in [-0.39, 0.29) is 17.2 Å². The molecule has 1 aromatic heterocycles. The van der Waals surface area contributed by atoms with Gasteiger partial charge in [-0.3, -0.25) is 14.6 Å². The number of hydrogen-bond donors (Lipinski definition) is 1. The van der Waals surface area contributed by atoms with Gasteiger partial charge in [0.05, 0.1) is 0 Å². The summed E-state index contributed by atoms with van der Waals surface area (Å²) >= 11 is 0. The van der Waals surface area contributed by atoms with Crippen molar-refractivity contribution < 1.29 is 9.59 Å². The maximum absolute atomic E-state index is 14.3. The van der Waals surface area contributed by atoms with Crippen molar-refractivity contribution in [1.82, 2.24) is 20.1 Å². The second-order valence-corrected chi connectivity index (χ2v) is 14.6. The van der Waals surface area contributed by atoms with Gasteiger partial charge in [-0.25, -0.2) is 0 Å². The van der Waals surface area contributed by atoms with Crippen LogP contribution in [0.15, 0.2) is 79.1 Å². The largest absolute Gasteiger partial charge is 0.349 e. The van der Waals surface area contributed by atoms with E-state index < -0.39 is 11.6 Å². The Bertz CT molecular complexity index is 1760. The second-order valence-electron chi connectivity index (χ2n) is 14.6. The highest BCUT2D eigenvalue weighted by Gasteiger charge is 2.35. The molecule has 4 aromatic carbocycles. The van der Waals surface area contributed by atoms with Crippen LogP contribution in [0, 0.1) is 5.41 Å². The number of benzene rings is 4. The van der Waals surface area contributed by atoms with Gasteiger partial charge in [-0.1, -0.05) is 75.4 Å². The Hall–Kier alpha value is -4.03. The molecule has 5 aromatic rings. The van der Waals surface area contributed by atoms with Crippen LogP contribution in [-0.2, 0) is 16.0 Å². The average Bonchev–Trinajstić information content (AvgIpc) is 2.97. The van der Waals surface area contributed by atoms with Crippen molar-refractivity contribution in [1.29, 1.82) is 0 Å². The van der Waals surface area contributed by atoms with Crippen molar-refractivity contribution in [3.8, 4) is 0 Å². The highest BCUT2D eigenvalue weighted by Crippen LogP contribution is 2.36. The van der Waals surface area contributed by atoms with Crippen LogP contribution in [0.3, 0.4) is 0 Å². The van der Waals surface area contributed by atoms with Crippen LogP contribution in [0.4, 0.5) is 0 Å². The van der Waals surface area contributed by atoms with Crippen LogP contribution < -0.4 is 5.32 Å². The molecule has 0 fully saturated rings. The SMILES string of the molecule is CN(C)CCCN(C(=O)CCc1ccc2ccc3cccc4ccc1c2c34)C(C(=O)NC(C)(C)CC(C)(C)C)c1ccncc1. The van der Waals surface area contributed by atoms with Gasteiger partial charge in [0.25, 0.3) is 0 Å². The first kappa shape index (κ1) is 32.4. The van der Waals surface area contributed by atoms with E-state index in [0.717, 1.165) is 30.5 Å². The number of aryl methyl sites for hydroxylation is 1. The van der Waals surface area contributed by atoms with Crippen LogP contribution in [0.2, 0.25) is 0 Å². The van der Waals surface area contributed by atoms with Crippen molar-refractivity contribution in [2.45, 2.75) is 71.9 Å². The van der Waals surface area contributed by atoms with Crippen molar-refractivity contribution in [2.75, 3.05) is 27.2 Å². The summed E-state index contributed by atoms with van der Waals surface area (Å²) in [6, 6.07) is 22.5. The first-order valence-corrected chi connectivity index (χ1v) is 16.1. The quantitative estimate of drug-likeness (QED) is 0.148. The van der Waals surface area contributed by atoms with Crippen LogP contribution in [-0.4, -0.2) is 59.3 Å². The monoisotopic (exact) mass is 604 g/mol. The molecule has 1 atom stereocenters. The van der Waals surface area contributed by atoms with E-state index >= 15 is 0 Å². The topological polar surface area (TPSA) is 65.5 Å². The van der Waals surface area contributed by atoms with Gasteiger partial charge in [0.15, 0.2) is 0 Å². The van der Waals surface area contributed by atoms with Crippen molar-refractivity contribution in [3.05, 3.63) is 90.3 Å². The van der Waals surface area contributed by atoms with Crippen molar-refractivity contribution in [2.24, 2.45) is 5.41 Å². The number of carbonyl (C=O) groups is 2. The molecule has 0 saturated heterocycles. The van der Waals surface area contributed by atoms with E-state index in [1.165, 1.54) is 32.3 Å². The molecule has 0 aliphatic rings. The number of nitrogens with zero attached hydrogens (tertiary/aromatic N) is 3. The predicted molar refractivity (Wildman–Crippen MR) is 187 cm³/mol. The Balaban J connectivity index is 1.46. The molecule has 236 valence electrons. The zero-order chi connectivity index (χ0) is 32.4. The minimum Gasteiger partial charge on any atom is -0.349 e. The molecule has 2 amide bonds. The van der Waals surface area contributed by atoms with Crippen LogP contribution in [0.25, 0.3) is 32.3 Å². The van der Waals surface area contributed by atoms with Gasteiger partial charge in [-0.05, 0) is 115 Å². The first-order chi connectivity index (χ1) is 21.3. The summed E-state index contributed by atoms with van der Waals surface area (Å²) in [6.07, 6.45) is 5.87. The number of carbonyl (C=O) groups excluding carboxylic acids is 2. The third kappa shape index (κ3) is 7.62. The molecule has 1 N–H and O–H groups in total. The molecule has 45 heavy (non-hydrogen) atoms. The molecule has 1 unspecified atom stereocenters. The van der Waals surface area contributed by atoms with Crippen molar-refractivity contribution in [3.63, 3.8) is 0 Å². The molecule has 6 nitrogen and oxygen atoms in total. The average molecular weight is 605 g/mol. The number of pyridine rings is 1. The molecular formula is C39H48N4O2. The molecule has 0 bridgehead atoms. The van der Waals surface area contributed by atoms with E-state index in [1.807, 2.05) is 26.2 Å². The van der Waals surface area contributed by atoms with Gasteiger partial charge >= 0.3 is 0 Å². The Morgan fingerprint density at radius 2 is 1.42 bits per heavy atom. The summed E-state index contributed by atoms with van der Waals surface area (Å²) in [5, 5.41) is 10.7. The lowest BCUT2D eigenvalue weighted by Crippen LogP contribution is -2.52. The summed E-state index contributed by atoms with van der Waals surface area (Å²) < 4.78 is 0. The molecule has 0 aliphatic heterocycles. The van der Waals surface area contributed by atoms with E-state index in [0.29, 0.717) is 19.4 Å². The number of nitrogens with one attached hydrogen (secondary N) is 1. The van der Waals surface area contributed by atoms with Gasteiger partial charge in [-0.2, -0.15) is 0 Å². The van der Waals surface area contributed by atoms with Gasteiger partial charge in [0.1, 0.15) is 6.04 Å². The smallest absolute Gasteiger partial charge is 0.247 e. The Morgan fingerprint density at radius 1 is 0.800 bits per heavy atom. The summed E-state index contributed by atoms with van der Waals surface area (Å²) in [5.74, 6) is -0.179. The number of aromatic nitrogens is 1. The summed E-state index contributed by atoms with van der Waals surface area (Å²) in [5.41, 5.74) is 1.51. The van der Waals surface area contributed by atoms with E-state index in [1.54, 1.807) is 17.3 Å². The molecule has 1 heterocycles. The fraction of sp³-hybridized carbons (Fsp3) is 0.410. The Morgan fingerprint density at radius 3 is 2.07 bits per heavy atom. The summed E-state index contributed by atoms with van der Waals surface area (Å²) in [6.45, 7) is 12.0. The number of rotatable bonds is 12. The standard InChI is InChI=1S/C39H48N4O2/c1-38(2,3)26-39(4,5)41-37(45)36(31-20-22-40-23-21-31)43(25-9-24-42(6)7)33(44)19-17-27-12-13-30-15-14-28-10-8-11-29-16-18-32(27)35(30)34(28)29/h8,10-16,18,20-23,36H,9,17,19,24-26H2,1-7H3,(H,41,45). The van der Waals surface area contributed by atoms with Crippen LogP contribution >= 0.6 is 0 Å². The predicted octanol–water partition coefficient (Wildman–Crippen LogP) is 7.76. The third-order valence-electron chi connectivity index (χ3n) is 8.57. The van der Waals surface area contributed by atoms with Gasteiger partial charge < -0.3 is 15.1 Å². The highest BCUT2D eigenvalue weighted by molar-refractivity contribution is 6.23. The van der Waals surface area contributed by atoms with Crippen molar-refractivity contribution >= 4 is 44.1 Å². The normalized spacial score (nSPS) is 13.2. The molecule has 0 radical (unpaired) electrons. The maximum atomic E-state index is 14.3. The molecule has 0 spiro atoms. The Labute approximate surface area is 268 Å². The minimum atomic E-state index is -0.747. The zero-order valence-electron chi connectivity index (χ0n) is 28.0. The van der Waals surface area contributed by atoms with Crippen LogP contribution in [0.1, 0.15) is 71.0 Å². The molecule has 5 rings (SSSR count). The first-order valence-electron chi connectivity index (χ1n) is 16.1. The molecule has 0 saturated carbocycles. The second kappa shape index (κ2) is 13.1. The lowest BCUT2D eigenvalue weighted by atomic mass is 9.81. The maximum Gasteiger partial charge on any atom is 0.247 e.